The van der Waals surface area contributed by atoms with Crippen molar-refractivity contribution >= 4 is 28.9 Å². The summed E-state index contributed by atoms with van der Waals surface area (Å²) in [6.45, 7) is 4.18. The Morgan fingerprint density at radius 2 is 1.79 bits per heavy atom. The van der Waals surface area contributed by atoms with Crippen molar-refractivity contribution in [1.29, 1.82) is 0 Å². The Morgan fingerprint density at radius 1 is 1.03 bits per heavy atom. The second-order valence-corrected chi connectivity index (χ2v) is 7.53. The minimum atomic E-state index is -0.451. The summed E-state index contributed by atoms with van der Waals surface area (Å²) < 4.78 is 5.06. The van der Waals surface area contributed by atoms with Crippen LogP contribution in [0.3, 0.4) is 0 Å². The van der Waals surface area contributed by atoms with Gasteiger partial charge in [-0.2, -0.15) is 0 Å². The van der Waals surface area contributed by atoms with Crippen LogP contribution < -0.4 is 10.6 Å². The van der Waals surface area contributed by atoms with E-state index in [1.54, 1.807) is 42.5 Å². The summed E-state index contributed by atoms with van der Waals surface area (Å²) in [6.07, 6.45) is 0. The first-order valence-corrected chi connectivity index (χ1v) is 10.4. The molecule has 3 aromatic rings. The summed E-state index contributed by atoms with van der Waals surface area (Å²) in [6, 6.07) is 19.1. The molecule has 1 amide bonds. The van der Waals surface area contributed by atoms with Gasteiger partial charge in [0.05, 0.1) is 30.4 Å². The molecule has 0 saturated heterocycles. The lowest BCUT2D eigenvalue weighted by molar-refractivity contribution is -0.115. The zero-order valence-electron chi connectivity index (χ0n) is 16.5. The van der Waals surface area contributed by atoms with Crippen LogP contribution in [0.5, 0.6) is 0 Å². The highest BCUT2D eigenvalue weighted by molar-refractivity contribution is 7.10. The van der Waals surface area contributed by atoms with Gasteiger partial charge in [-0.15, -0.1) is 11.3 Å². The molecule has 0 fully saturated rings. The van der Waals surface area contributed by atoms with E-state index >= 15 is 0 Å². The largest absolute Gasteiger partial charge is 0.462 e. The van der Waals surface area contributed by atoms with E-state index in [1.165, 1.54) is 5.56 Å². The van der Waals surface area contributed by atoms with Crippen molar-refractivity contribution in [3.8, 4) is 0 Å². The summed E-state index contributed by atoms with van der Waals surface area (Å²) in [7, 11) is 0. The number of para-hydroxylation sites is 1. The van der Waals surface area contributed by atoms with Crippen LogP contribution in [0.2, 0.25) is 0 Å². The van der Waals surface area contributed by atoms with Crippen LogP contribution in [0.1, 0.15) is 39.3 Å². The minimum absolute atomic E-state index is 0.0818. The number of carbonyl (C=O) groups is 2. The Labute approximate surface area is 174 Å². The lowest BCUT2D eigenvalue weighted by Gasteiger charge is -2.18. The summed E-state index contributed by atoms with van der Waals surface area (Å²) in [5.41, 5.74) is 3.07. The maximum atomic E-state index is 12.6. The third-order valence-corrected chi connectivity index (χ3v) is 5.34. The third kappa shape index (κ3) is 5.53. The molecule has 1 heterocycles. The topological polar surface area (TPSA) is 67.4 Å². The van der Waals surface area contributed by atoms with Crippen LogP contribution >= 0.6 is 11.3 Å². The van der Waals surface area contributed by atoms with Crippen molar-refractivity contribution in [3.05, 3.63) is 87.6 Å². The molecular weight excluding hydrogens is 384 g/mol. The molecule has 0 aliphatic rings. The summed E-state index contributed by atoms with van der Waals surface area (Å²) in [5.74, 6) is -0.678. The van der Waals surface area contributed by atoms with Gasteiger partial charge in [-0.3, -0.25) is 10.1 Å². The lowest BCUT2D eigenvalue weighted by Crippen LogP contribution is -2.32. The number of carbonyl (C=O) groups excluding carboxylic acids is 2. The van der Waals surface area contributed by atoms with E-state index in [2.05, 4.69) is 41.0 Å². The average molecular weight is 409 g/mol. The molecule has 1 atom stereocenters. The van der Waals surface area contributed by atoms with Gasteiger partial charge in [0, 0.05) is 4.88 Å². The number of aryl methyl sites for hydroxylation is 1. The molecule has 1 aromatic heterocycles. The van der Waals surface area contributed by atoms with Crippen molar-refractivity contribution in [1.82, 2.24) is 5.32 Å². The number of hydrogen-bond donors (Lipinski definition) is 2. The molecule has 0 aliphatic carbocycles. The number of nitrogens with one attached hydrogen (secondary N) is 2. The number of amides is 1. The van der Waals surface area contributed by atoms with Crippen LogP contribution in [-0.4, -0.2) is 25.0 Å². The normalized spacial score (nSPS) is 11.7. The Kier molecular flexibility index (Phi) is 7.16. The quantitative estimate of drug-likeness (QED) is 0.537. The molecule has 0 spiro atoms. The number of thiophene rings is 1. The first kappa shape index (κ1) is 20.8. The highest BCUT2D eigenvalue weighted by Gasteiger charge is 2.18. The highest BCUT2D eigenvalue weighted by atomic mass is 32.1. The van der Waals surface area contributed by atoms with Crippen LogP contribution in [0, 0.1) is 6.92 Å². The summed E-state index contributed by atoms with van der Waals surface area (Å²) in [4.78, 5) is 25.8. The lowest BCUT2D eigenvalue weighted by atomic mass is 10.0. The second-order valence-electron chi connectivity index (χ2n) is 6.55. The first-order chi connectivity index (χ1) is 14.1. The average Bonchev–Trinajstić information content (AvgIpc) is 3.24. The smallest absolute Gasteiger partial charge is 0.340 e. The minimum Gasteiger partial charge on any atom is -0.462 e. The molecule has 2 aromatic carbocycles. The van der Waals surface area contributed by atoms with Gasteiger partial charge >= 0.3 is 5.97 Å². The van der Waals surface area contributed by atoms with Gasteiger partial charge in [-0.05, 0) is 43.0 Å². The van der Waals surface area contributed by atoms with Crippen LogP contribution in [0.4, 0.5) is 5.69 Å². The zero-order chi connectivity index (χ0) is 20.6. The van der Waals surface area contributed by atoms with Crippen LogP contribution in [0.25, 0.3) is 0 Å². The van der Waals surface area contributed by atoms with E-state index in [1.807, 2.05) is 18.4 Å². The van der Waals surface area contributed by atoms with Crippen molar-refractivity contribution in [2.45, 2.75) is 19.9 Å². The highest BCUT2D eigenvalue weighted by Crippen LogP contribution is 2.26. The van der Waals surface area contributed by atoms with E-state index in [4.69, 9.17) is 4.74 Å². The standard InChI is InChI=1S/C23H24N2O3S/c1-3-28-23(27)18-7-4-5-8-19(18)25-21(26)15-24-22(20-9-6-14-29-20)17-12-10-16(2)11-13-17/h4-14,22,24H,3,15H2,1-2H3,(H,25,26)/t22-/m0/s1. The van der Waals surface area contributed by atoms with Gasteiger partial charge in [0.25, 0.3) is 0 Å². The number of hydrogen-bond acceptors (Lipinski definition) is 5. The van der Waals surface area contributed by atoms with Gasteiger partial charge in [-0.25, -0.2) is 4.79 Å². The molecule has 29 heavy (non-hydrogen) atoms. The molecule has 6 heteroatoms. The van der Waals surface area contributed by atoms with E-state index in [0.29, 0.717) is 11.3 Å². The van der Waals surface area contributed by atoms with Gasteiger partial charge in [0.2, 0.25) is 5.91 Å². The molecule has 0 saturated carbocycles. The molecule has 0 aliphatic heterocycles. The van der Waals surface area contributed by atoms with E-state index in [0.717, 1.165) is 10.4 Å². The molecule has 150 valence electrons. The summed E-state index contributed by atoms with van der Waals surface area (Å²) in [5, 5.41) is 8.17. The van der Waals surface area contributed by atoms with Crippen molar-refractivity contribution < 1.29 is 14.3 Å². The van der Waals surface area contributed by atoms with E-state index < -0.39 is 5.97 Å². The Hall–Kier alpha value is -2.96. The Morgan fingerprint density at radius 3 is 2.48 bits per heavy atom. The van der Waals surface area contributed by atoms with Crippen molar-refractivity contribution in [2.24, 2.45) is 0 Å². The monoisotopic (exact) mass is 408 g/mol. The van der Waals surface area contributed by atoms with E-state index in [-0.39, 0.29) is 25.1 Å². The SMILES string of the molecule is CCOC(=O)c1ccccc1NC(=O)CN[C@@H](c1ccc(C)cc1)c1cccs1. The number of ether oxygens (including phenoxy) is 1. The third-order valence-electron chi connectivity index (χ3n) is 4.40. The molecule has 0 bridgehead atoms. The number of benzene rings is 2. The molecule has 0 unspecified atom stereocenters. The summed E-state index contributed by atoms with van der Waals surface area (Å²) >= 11 is 1.64. The maximum Gasteiger partial charge on any atom is 0.340 e. The fourth-order valence-corrected chi connectivity index (χ4v) is 3.79. The van der Waals surface area contributed by atoms with Crippen molar-refractivity contribution in [2.75, 3.05) is 18.5 Å². The number of anilines is 1. The number of rotatable bonds is 8. The molecular formula is C23H24N2O3S. The van der Waals surface area contributed by atoms with Gasteiger partial charge < -0.3 is 10.1 Å². The fourth-order valence-electron chi connectivity index (χ4n) is 2.97. The second kappa shape index (κ2) is 10.0. The fraction of sp³-hybridized carbons (Fsp3) is 0.217. The predicted molar refractivity (Wildman–Crippen MR) is 116 cm³/mol. The molecule has 2 N–H and O–H groups in total. The van der Waals surface area contributed by atoms with Crippen LogP contribution in [0.15, 0.2) is 66.0 Å². The molecule has 5 nitrogen and oxygen atoms in total. The Balaban J connectivity index is 1.70. The van der Waals surface area contributed by atoms with Gasteiger partial charge in [-0.1, -0.05) is 48.0 Å². The molecule has 3 rings (SSSR count). The zero-order valence-corrected chi connectivity index (χ0v) is 17.3. The Bertz CT molecular complexity index is 953. The van der Waals surface area contributed by atoms with Crippen molar-refractivity contribution in [3.63, 3.8) is 0 Å². The van der Waals surface area contributed by atoms with Gasteiger partial charge in [0.15, 0.2) is 0 Å². The number of esters is 1. The molecule has 0 radical (unpaired) electrons. The maximum absolute atomic E-state index is 12.6. The van der Waals surface area contributed by atoms with E-state index in [9.17, 15) is 9.59 Å². The first-order valence-electron chi connectivity index (χ1n) is 9.48. The predicted octanol–water partition coefficient (Wildman–Crippen LogP) is 4.55. The van der Waals surface area contributed by atoms with Crippen LogP contribution in [-0.2, 0) is 9.53 Å². The van der Waals surface area contributed by atoms with Gasteiger partial charge in [0.1, 0.15) is 0 Å².